The van der Waals surface area contributed by atoms with Crippen molar-refractivity contribution in [3.8, 4) is 28.5 Å². The van der Waals surface area contributed by atoms with Gasteiger partial charge in [-0.05, 0) is 23.6 Å². The maximum Gasteiger partial charge on any atom is 0.309 e. The summed E-state index contributed by atoms with van der Waals surface area (Å²) in [7, 11) is 0. The zero-order chi connectivity index (χ0) is 24.4. The number of carbonyl (C=O) groups is 1. The summed E-state index contributed by atoms with van der Waals surface area (Å²) in [5, 5.41) is 21.3. The predicted molar refractivity (Wildman–Crippen MR) is 132 cm³/mol. The third kappa shape index (κ3) is 4.95. The summed E-state index contributed by atoms with van der Waals surface area (Å²) in [5.41, 5.74) is 3.65. The number of nitrogens with zero attached hydrogens (tertiary/aromatic N) is 5. The van der Waals surface area contributed by atoms with Crippen molar-refractivity contribution in [3.63, 3.8) is 0 Å². The number of likely N-dealkylation sites (tertiary alicyclic amines) is 1. The third-order valence-electron chi connectivity index (χ3n) is 6.03. The molecule has 9 nitrogen and oxygen atoms in total. The van der Waals surface area contributed by atoms with Crippen LogP contribution >= 0.6 is 0 Å². The van der Waals surface area contributed by atoms with Crippen LogP contribution in [0.2, 0.25) is 0 Å². The smallest absolute Gasteiger partial charge is 0.309 e. The van der Waals surface area contributed by atoms with Crippen molar-refractivity contribution in [2.24, 2.45) is 11.8 Å². The molecule has 3 heterocycles. The van der Waals surface area contributed by atoms with Crippen molar-refractivity contribution in [3.05, 3.63) is 66.4 Å². The molecule has 2 aromatic heterocycles. The summed E-state index contributed by atoms with van der Waals surface area (Å²) < 4.78 is 7.49. The monoisotopic (exact) mass is 472 g/mol. The standard InChI is InChI=1S/C26H28N6O3/c1-17(2)12-27-24-22(13-28-32(24)21-6-4-3-5-7-21)25-29-23(30-35-25)19-10-8-18(9-11-19)14-31-15-20(16-31)26(33)34/h3-11,13,17,20,27H,12,14-16H2,1-2H3,(H,33,34). The van der Waals surface area contributed by atoms with Crippen LogP contribution in [0, 0.1) is 11.8 Å². The SMILES string of the molecule is CC(C)CNc1c(-c2nc(-c3ccc(CN4CC(C(=O)O)C4)cc3)no2)cnn1-c1ccccc1. The average molecular weight is 473 g/mol. The molecule has 0 spiro atoms. The Balaban J connectivity index is 1.34. The Morgan fingerprint density at radius 2 is 1.89 bits per heavy atom. The number of carboxylic acid groups (broad SMARTS) is 1. The van der Waals surface area contributed by atoms with E-state index in [1.165, 1.54) is 0 Å². The number of hydrogen-bond acceptors (Lipinski definition) is 7. The molecule has 0 saturated carbocycles. The number of nitrogens with one attached hydrogen (secondary N) is 1. The number of hydrogen-bond donors (Lipinski definition) is 2. The normalized spacial score (nSPS) is 14.3. The molecule has 0 bridgehead atoms. The van der Waals surface area contributed by atoms with Gasteiger partial charge in [-0.3, -0.25) is 9.69 Å². The molecule has 0 aliphatic carbocycles. The largest absolute Gasteiger partial charge is 0.481 e. The minimum Gasteiger partial charge on any atom is -0.481 e. The lowest BCUT2D eigenvalue weighted by molar-refractivity contribution is -0.147. The summed E-state index contributed by atoms with van der Waals surface area (Å²) in [6.45, 7) is 6.99. The Morgan fingerprint density at radius 1 is 1.14 bits per heavy atom. The van der Waals surface area contributed by atoms with Gasteiger partial charge < -0.3 is 14.9 Å². The van der Waals surface area contributed by atoms with E-state index in [-0.39, 0.29) is 5.92 Å². The molecule has 1 saturated heterocycles. The summed E-state index contributed by atoms with van der Waals surface area (Å²) in [6, 6.07) is 17.9. The number of benzene rings is 2. The summed E-state index contributed by atoms with van der Waals surface area (Å²) in [6.07, 6.45) is 1.74. The second kappa shape index (κ2) is 9.71. The fraction of sp³-hybridized carbons (Fsp3) is 0.308. The van der Waals surface area contributed by atoms with E-state index in [1.54, 1.807) is 6.20 Å². The Hall–Kier alpha value is -3.98. The van der Waals surface area contributed by atoms with Crippen LogP contribution in [0.25, 0.3) is 28.5 Å². The number of aromatic nitrogens is 4. The van der Waals surface area contributed by atoms with E-state index in [4.69, 9.17) is 9.63 Å². The molecule has 0 atom stereocenters. The molecule has 0 radical (unpaired) electrons. The van der Waals surface area contributed by atoms with Crippen LogP contribution in [0.3, 0.4) is 0 Å². The molecule has 9 heteroatoms. The van der Waals surface area contributed by atoms with Gasteiger partial charge in [0.05, 0.1) is 17.8 Å². The quantitative estimate of drug-likeness (QED) is 0.374. The van der Waals surface area contributed by atoms with Crippen molar-refractivity contribution in [2.45, 2.75) is 20.4 Å². The molecule has 5 rings (SSSR count). The van der Waals surface area contributed by atoms with Crippen LogP contribution in [-0.4, -0.2) is 55.5 Å². The van der Waals surface area contributed by atoms with Crippen LogP contribution in [0.15, 0.2) is 65.3 Å². The molecule has 1 aliphatic heterocycles. The number of rotatable bonds is 9. The highest BCUT2D eigenvalue weighted by atomic mass is 16.5. The third-order valence-corrected chi connectivity index (χ3v) is 6.03. The Morgan fingerprint density at radius 3 is 2.57 bits per heavy atom. The number of carboxylic acids is 1. The van der Waals surface area contributed by atoms with Crippen LogP contribution in [0.4, 0.5) is 5.82 Å². The van der Waals surface area contributed by atoms with Gasteiger partial charge in [0, 0.05) is 31.7 Å². The molecular weight excluding hydrogens is 444 g/mol. The summed E-state index contributed by atoms with van der Waals surface area (Å²) >= 11 is 0. The number of anilines is 1. The lowest BCUT2D eigenvalue weighted by atomic mass is 9.99. The van der Waals surface area contributed by atoms with E-state index in [0.29, 0.717) is 30.7 Å². The maximum atomic E-state index is 11.0. The van der Waals surface area contributed by atoms with Gasteiger partial charge in [0.15, 0.2) is 0 Å². The summed E-state index contributed by atoms with van der Waals surface area (Å²) in [5.74, 6) is 1.19. The van der Waals surface area contributed by atoms with Gasteiger partial charge in [-0.15, -0.1) is 0 Å². The molecule has 2 aromatic carbocycles. The molecule has 1 fully saturated rings. The molecule has 0 unspecified atom stereocenters. The van der Waals surface area contributed by atoms with E-state index < -0.39 is 5.97 Å². The highest BCUT2D eigenvalue weighted by molar-refractivity contribution is 5.72. The minimum atomic E-state index is -0.721. The van der Waals surface area contributed by atoms with Gasteiger partial charge in [-0.25, -0.2) is 4.68 Å². The molecule has 0 amide bonds. The average Bonchev–Trinajstić information content (AvgIpc) is 3.47. The predicted octanol–water partition coefficient (Wildman–Crippen LogP) is 4.17. The van der Waals surface area contributed by atoms with Crippen molar-refractivity contribution < 1.29 is 14.4 Å². The van der Waals surface area contributed by atoms with Crippen LogP contribution in [0.1, 0.15) is 19.4 Å². The van der Waals surface area contributed by atoms with Gasteiger partial charge >= 0.3 is 5.97 Å². The maximum absolute atomic E-state index is 11.0. The molecule has 35 heavy (non-hydrogen) atoms. The van der Waals surface area contributed by atoms with Crippen LogP contribution in [0.5, 0.6) is 0 Å². The van der Waals surface area contributed by atoms with Crippen molar-refractivity contribution in [1.29, 1.82) is 0 Å². The molecule has 180 valence electrons. The lowest BCUT2D eigenvalue weighted by Gasteiger charge is -2.36. The Labute approximate surface area is 203 Å². The number of aliphatic carboxylic acids is 1. The fourth-order valence-electron chi connectivity index (χ4n) is 4.06. The van der Waals surface area contributed by atoms with Crippen molar-refractivity contribution in [2.75, 3.05) is 25.0 Å². The fourth-order valence-corrected chi connectivity index (χ4v) is 4.06. The van der Waals surface area contributed by atoms with E-state index in [0.717, 1.165) is 41.3 Å². The van der Waals surface area contributed by atoms with Gasteiger partial charge in [0.1, 0.15) is 11.4 Å². The van der Waals surface area contributed by atoms with E-state index >= 15 is 0 Å². The lowest BCUT2D eigenvalue weighted by Crippen LogP contribution is -2.49. The molecular formula is C26H28N6O3. The van der Waals surface area contributed by atoms with Crippen LogP contribution < -0.4 is 5.32 Å². The van der Waals surface area contributed by atoms with Gasteiger partial charge in [0.25, 0.3) is 5.89 Å². The van der Waals surface area contributed by atoms with Gasteiger partial charge in [0.2, 0.25) is 5.82 Å². The van der Waals surface area contributed by atoms with Crippen LogP contribution in [-0.2, 0) is 11.3 Å². The molecule has 2 N–H and O–H groups in total. The minimum absolute atomic E-state index is 0.252. The van der Waals surface area contributed by atoms with E-state index in [1.807, 2.05) is 59.3 Å². The first-order valence-electron chi connectivity index (χ1n) is 11.7. The zero-order valence-electron chi connectivity index (χ0n) is 19.8. The first-order chi connectivity index (χ1) is 17.0. The first-order valence-corrected chi connectivity index (χ1v) is 11.7. The Kier molecular flexibility index (Phi) is 6.33. The van der Waals surface area contributed by atoms with E-state index in [9.17, 15) is 4.79 Å². The topological polar surface area (TPSA) is 109 Å². The Bertz CT molecular complexity index is 1290. The van der Waals surface area contributed by atoms with Gasteiger partial charge in [-0.2, -0.15) is 10.1 Å². The van der Waals surface area contributed by atoms with Gasteiger partial charge in [-0.1, -0.05) is 61.5 Å². The second-order valence-corrected chi connectivity index (χ2v) is 9.28. The van der Waals surface area contributed by atoms with E-state index in [2.05, 4.69) is 39.3 Å². The number of para-hydroxylation sites is 1. The highest BCUT2D eigenvalue weighted by Gasteiger charge is 2.32. The first kappa shape index (κ1) is 22.8. The van der Waals surface area contributed by atoms with Crippen molar-refractivity contribution >= 4 is 11.8 Å². The second-order valence-electron chi connectivity index (χ2n) is 9.28. The summed E-state index contributed by atoms with van der Waals surface area (Å²) in [4.78, 5) is 17.8. The molecule has 1 aliphatic rings. The molecule has 4 aromatic rings. The zero-order valence-corrected chi connectivity index (χ0v) is 19.8. The van der Waals surface area contributed by atoms with Crippen molar-refractivity contribution in [1.82, 2.24) is 24.8 Å². The highest BCUT2D eigenvalue weighted by Crippen LogP contribution is 2.31.